The molecule has 1 amide bonds. The maximum Gasteiger partial charge on any atom is 0.287 e. The second kappa shape index (κ2) is 8.23. The van der Waals surface area contributed by atoms with Crippen molar-refractivity contribution in [1.29, 1.82) is 0 Å². The molecule has 164 valence electrons. The van der Waals surface area contributed by atoms with Gasteiger partial charge < -0.3 is 14.3 Å². The summed E-state index contributed by atoms with van der Waals surface area (Å²) in [4.78, 5) is 20.9. The first kappa shape index (κ1) is 20.4. The molecule has 0 saturated heterocycles. The number of nitrogens with one attached hydrogen (secondary N) is 1. The van der Waals surface area contributed by atoms with Crippen molar-refractivity contribution in [2.45, 2.75) is 48.7 Å². The van der Waals surface area contributed by atoms with Crippen molar-refractivity contribution in [2.24, 2.45) is 0 Å². The molecule has 1 N–H and O–H groups in total. The number of hydrogen-bond acceptors (Lipinski definition) is 6. The molecule has 1 aliphatic heterocycles. The van der Waals surface area contributed by atoms with Crippen LogP contribution in [0, 0.1) is 0 Å². The number of pyridine rings is 1. The largest absolute Gasteiger partial charge is 0.449 e. The minimum atomic E-state index is -3.67. The lowest BCUT2D eigenvalue weighted by atomic mass is 10.2. The van der Waals surface area contributed by atoms with E-state index < -0.39 is 9.84 Å². The maximum absolute atomic E-state index is 13.2. The SMILES string of the molecule is O=C(NCc1ccc(S(=O)(=O)c2cnc3n2CCCCC3)cc1)c1cc2ccncc2o1. The van der Waals surface area contributed by atoms with Crippen LogP contribution in [-0.4, -0.2) is 28.9 Å². The fourth-order valence-electron chi connectivity index (χ4n) is 3.95. The Labute approximate surface area is 185 Å². The first-order chi connectivity index (χ1) is 15.5. The molecule has 0 radical (unpaired) electrons. The summed E-state index contributed by atoms with van der Waals surface area (Å²) in [7, 11) is -3.67. The molecule has 0 aliphatic carbocycles. The molecule has 9 heteroatoms. The van der Waals surface area contributed by atoms with Crippen molar-refractivity contribution in [3.05, 3.63) is 72.1 Å². The molecule has 3 aromatic heterocycles. The van der Waals surface area contributed by atoms with Gasteiger partial charge in [0.15, 0.2) is 16.4 Å². The molecule has 32 heavy (non-hydrogen) atoms. The maximum atomic E-state index is 13.2. The smallest absolute Gasteiger partial charge is 0.287 e. The molecule has 0 fully saturated rings. The van der Waals surface area contributed by atoms with E-state index in [4.69, 9.17) is 4.42 Å². The zero-order valence-electron chi connectivity index (χ0n) is 17.3. The number of hydrogen-bond donors (Lipinski definition) is 1. The molecule has 5 rings (SSSR count). The van der Waals surface area contributed by atoms with Gasteiger partial charge in [-0.2, -0.15) is 0 Å². The van der Waals surface area contributed by atoms with E-state index in [2.05, 4.69) is 15.3 Å². The van der Waals surface area contributed by atoms with E-state index in [9.17, 15) is 13.2 Å². The molecule has 0 spiro atoms. The van der Waals surface area contributed by atoms with Crippen LogP contribution in [0.4, 0.5) is 0 Å². The number of furan rings is 1. The van der Waals surface area contributed by atoms with Gasteiger partial charge in [-0.15, -0.1) is 0 Å². The molecule has 1 aromatic carbocycles. The van der Waals surface area contributed by atoms with E-state index in [0.717, 1.165) is 42.5 Å². The van der Waals surface area contributed by atoms with E-state index in [-0.39, 0.29) is 28.1 Å². The third kappa shape index (κ3) is 3.80. The van der Waals surface area contributed by atoms with Crippen molar-refractivity contribution in [1.82, 2.24) is 19.9 Å². The number of sulfone groups is 1. The summed E-state index contributed by atoms with van der Waals surface area (Å²) in [5.41, 5.74) is 1.33. The summed E-state index contributed by atoms with van der Waals surface area (Å²) < 4.78 is 33.7. The number of benzene rings is 1. The Kier molecular flexibility index (Phi) is 5.26. The normalized spacial score (nSPS) is 14.1. The van der Waals surface area contributed by atoms with E-state index in [1.54, 1.807) is 48.8 Å². The second-order valence-electron chi connectivity index (χ2n) is 7.83. The third-order valence-corrected chi connectivity index (χ3v) is 7.46. The van der Waals surface area contributed by atoms with Gasteiger partial charge in [-0.3, -0.25) is 9.78 Å². The molecule has 0 saturated carbocycles. The van der Waals surface area contributed by atoms with Gasteiger partial charge in [-0.05, 0) is 42.7 Å². The van der Waals surface area contributed by atoms with Gasteiger partial charge in [0.1, 0.15) is 5.82 Å². The highest BCUT2D eigenvalue weighted by Gasteiger charge is 2.25. The average Bonchev–Trinajstić information content (AvgIpc) is 3.36. The Hall–Kier alpha value is -3.46. The van der Waals surface area contributed by atoms with Gasteiger partial charge in [-0.1, -0.05) is 18.6 Å². The number of fused-ring (bicyclic) bond motifs is 2. The fourth-order valence-corrected chi connectivity index (χ4v) is 5.37. The zero-order chi connectivity index (χ0) is 22.1. The highest BCUT2D eigenvalue weighted by Crippen LogP contribution is 2.25. The van der Waals surface area contributed by atoms with Crippen LogP contribution in [0.25, 0.3) is 11.0 Å². The number of aromatic nitrogens is 3. The Bertz CT molecular complexity index is 1350. The van der Waals surface area contributed by atoms with Gasteiger partial charge in [0.25, 0.3) is 5.91 Å². The predicted molar refractivity (Wildman–Crippen MR) is 117 cm³/mol. The van der Waals surface area contributed by atoms with E-state index >= 15 is 0 Å². The molecule has 0 atom stereocenters. The van der Waals surface area contributed by atoms with Gasteiger partial charge in [0, 0.05) is 31.1 Å². The number of rotatable bonds is 5. The van der Waals surface area contributed by atoms with Crippen molar-refractivity contribution in [3.63, 3.8) is 0 Å². The summed E-state index contributed by atoms with van der Waals surface area (Å²) in [6.07, 6.45) is 8.52. The van der Waals surface area contributed by atoms with Crippen molar-refractivity contribution in [3.8, 4) is 0 Å². The lowest BCUT2D eigenvalue weighted by molar-refractivity contribution is 0.0925. The topological polar surface area (TPSA) is 107 Å². The molecule has 4 aromatic rings. The van der Waals surface area contributed by atoms with Crippen LogP contribution in [0.3, 0.4) is 0 Å². The van der Waals surface area contributed by atoms with Crippen LogP contribution < -0.4 is 5.32 Å². The van der Waals surface area contributed by atoms with Gasteiger partial charge >= 0.3 is 0 Å². The van der Waals surface area contributed by atoms with Gasteiger partial charge in [0.2, 0.25) is 9.84 Å². The lowest BCUT2D eigenvalue weighted by Crippen LogP contribution is -2.22. The van der Waals surface area contributed by atoms with Crippen molar-refractivity contribution in [2.75, 3.05) is 0 Å². The van der Waals surface area contributed by atoms with Gasteiger partial charge in [-0.25, -0.2) is 13.4 Å². The zero-order valence-corrected chi connectivity index (χ0v) is 18.1. The molecule has 0 bridgehead atoms. The molecule has 0 unspecified atom stereocenters. The van der Waals surface area contributed by atoms with Crippen LogP contribution >= 0.6 is 0 Å². The number of imidazole rings is 1. The molecule has 4 heterocycles. The Morgan fingerprint density at radius 3 is 2.75 bits per heavy atom. The monoisotopic (exact) mass is 450 g/mol. The second-order valence-corrected chi connectivity index (χ2v) is 9.73. The van der Waals surface area contributed by atoms with Crippen LogP contribution in [0.2, 0.25) is 0 Å². The molecular formula is C23H22N4O4S. The first-order valence-electron chi connectivity index (χ1n) is 10.5. The van der Waals surface area contributed by atoms with Gasteiger partial charge in [0.05, 0.1) is 17.3 Å². The molecule has 8 nitrogen and oxygen atoms in total. The standard InChI is InChI=1S/C23H22N4O4S/c28-23(19-12-17-9-10-24-14-20(17)31-19)26-13-16-5-7-18(8-6-16)32(29,30)22-15-25-21-4-2-1-3-11-27(21)22/h5-10,12,14-15H,1-4,11,13H2,(H,26,28). The fraction of sp³-hybridized carbons (Fsp3) is 0.261. The summed E-state index contributed by atoms with van der Waals surface area (Å²) in [5, 5.41) is 3.84. The number of amides is 1. The minimum absolute atomic E-state index is 0.202. The summed E-state index contributed by atoms with van der Waals surface area (Å²) in [6.45, 7) is 0.919. The number of carbonyl (C=O) groups excluding carboxylic acids is 1. The van der Waals surface area contributed by atoms with E-state index in [1.807, 2.05) is 4.57 Å². The van der Waals surface area contributed by atoms with Crippen LogP contribution in [0.1, 0.15) is 41.2 Å². The summed E-state index contributed by atoms with van der Waals surface area (Å²) in [5.74, 6) is 0.690. The molecular weight excluding hydrogens is 428 g/mol. The lowest BCUT2D eigenvalue weighted by Gasteiger charge is -2.10. The highest BCUT2D eigenvalue weighted by molar-refractivity contribution is 7.91. The third-order valence-electron chi connectivity index (χ3n) is 5.69. The van der Waals surface area contributed by atoms with Crippen LogP contribution in [0.5, 0.6) is 0 Å². The average molecular weight is 451 g/mol. The van der Waals surface area contributed by atoms with E-state index in [0.29, 0.717) is 12.1 Å². The van der Waals surface area contributed by atoms with Crippen molar-refractivity contribution >= 4 is 26.7 Å². The Morgan fingerprint density at radius 1 is 1.09 bits per heavy atom. The summed E-state index contributed by atoms with van der Waals surface area (Å²) in [6, 6.07) is 9.98. The quantitative estimate of drug-likeness (QED) is 0.499. The predicted octanol–water partition coefficient (Wildman–Crippen LogP) is 3.51. The number of carbonyl (C=O) groups is 1. The number of aryl methyl sites for hydroxylation is 1. The summed E-state index contributed by atoms with van der Waals surface area (Å²) >= 11 is 0. The highest BCUT2D eigenvalue weighted by atomic mass is 32.2. The minimum Gasteiger partial charge on any atom is -0.449 e. The Morgan fingerprint density at radius 2 is 1.94 bits per heavy atom. The first-order valence-corrected chi connectivity index (χ1v) is 12.0. The van der Waals surface area contributed by atoms with Crippen LogP contribution in [-0.2, 0) is 29.3 Å². The Balaban J connectivity index is 1.30. The molecule has 1 aliphatic rings. The number of nitrogens with zero attached hydrogens (tertiary/aromatic N) is 3. The van der Waals surface area contributed by atoms with Crippen LogP contribution in [0.15, 0.2) is 69.3 Å². The van der Waals surface area contributed by atoms with E-state index in [1.165, 1.54) is 6.20 Å². The van der Waals surface area contributed by atoms with Crippen molar-refractivity contribution < 1.29 is 17.6 Å².